The highest BCUT2D eigenvalue weighted by molar-refractivity contribution is 6.05. The molecule has 0 saturated carbocycles. The van der Waals surface area contributed by atoms with Gasteiger partial charge in [0.2, 0.25) is 5.91 Å². The third-order valence-electron chi connectivity index (χ3n) is 7.19. The zero-order valence-corrected chi connectivity index (χ0v) is 20.9. The number of hydrogen-bond acceptors (Lipinski definition) is 6. The fraction of sp³-hybridized carbons (Fsp3) is 0.393. The summed E-state index contributed by atoms with van der Waals surface area (Å²) >= 11 is 0. The maximum Gasteiger partial charge on any atom is 0.246 e. The number of carbonyl (C=O) groups is 1. The van der Waals surface area contributed by atoms with Crippen LogP contribution in [0.4, 0.5) is 17.2 Å². The second-order valence-corrected chi connectivity index (χ2v) is 9.59. The van der Waals surface area contributed by atoms with Crippen LogP contribution in [0.5, 0.6) is 0 Å². The topological polar surface area (TPSA) is 55.8 Å². The standard InChI is InChI=1S/C28H34N6O/c1-4-21(2)33-19-23-18-29-27(22-10-6-5-7-11-22)30-28(23)34(25-13-9-8-12-24(25)33)26(35)20-32-16-14-31(3)15-17-32/h5-13,18,21H,4,14-17,19-20H2,1-3H3. The number of piperazine rings is 1. The maximum atomic E-state index is 14.0. The summed E-state index contributed by atoms with van der Waals surface area (Å²) in [5.41, 5.74) is 3.86. The van der Waals surface area contributed by atoms with E-state index in [0.29, 0.717) is 30.8 Å². The van der Waals surface area contributed by atoms with Gasteiger partial charge in [-0.05, 0) is 32.5 Å². The summed E-state index contributed by atoms with van der Waals surface area (Å²) in [5, 5.41) is 0. The van der Waals surface area contributed by atoms with Gasteiger partial charge in [0.25, 0.3) is 0 Å². The normalized spacial score (nSPS) is 17.5. The molecule has 5 rings (SSSR count). The molecule has 1 saturated heterocycles. The molecule has 0 spiro atoms. The van der Waals surface area contributed by atoms with E-state index in [4.69, 9.17) is 9.97 Å². The molecule has 0 N–H and O–H groups in total. The first-order valence-corrected chi connectivity index (χ1v) is 12.6. The van der Waals surface area contributed by atoms with E-state index in [1.807, 2.05) is 53.6 Å². The number of nitrogens with zero attached hydrogens (tertiary/aromatic N) is 6. The van der Waals surface area contributed by atoms with Crippen molar-refractivity contribution in [3.63, 3.8) is 0 Å². The summed E-state index contributed by atoms with van der Waals surface area (Å²) in [4.78, 5) is 32.5. The van der Waals surface area contributed by atoms with Crippen LogP contribution in [0.25, 0.3) is 11.4 Å². The third kappa shape index (κ3) is 4.79. The Morgan fingerprint density at radius 2 is 1.66 bits per heavy atom. The van der Waals surface area contributed by atoms with Gasteiger partial charge in [0.15, 0.2) is 5.82 Å². The van der Waals surface area contributed by atoms with Crippen LogP contribution < -0.4 is 9.80 Å². The van der Waals surface area contributed by atoms with Crippen LogP contribution in [0.3, 0.4) is 0 Å². The van der Waals surface area contributed by atoms with Crippen molar-refractivity contribution in [3.8, 4) is 11.4 Å². The Hall–Kier alpha value is -3.29. The lowest BCUT2D eigenvalue weighted by Crippen LogP contribution is -2.48. The van der Waals surface area contributed by atoms with Crippen molar-refractivity contribution < 1.29 is 4.79 Å². The van der Waals surface area contributed by atoms with E-state index in [-0.39, 0.29) is 5.91 Å². The molecule has 7 heteroatoms. The molecule has 1 atom stereocenters. The molecule has 3 heterocycles. The van der Waals surface area contributed by atoms with Crippen molar-refractivity contribution in [2.75, 3.05) is 49.6 Å². The van der Waals surface area contributed by atoms with Gasteiger partial charge < -0.3 is 9.80 Å². The molecule has 1 amide bonds. The van der Waals surface area contributed by atoms with Gasteiger partial charge >= 0.3 is 0 Å². The first-order valence-electron chi connectivity index (χ1n) is 12.6. The molecule has 1 aromatic heterocycles. The van der Waals surface area contributed by atoms with Gasteiger partial charge in [-0.15, -0.1) is 0 Å². The van der Waals surface area contributed by atoms with Gasteiger partial charge in [0.1, 0.15) is 5.82 Å². The number of carbonyl (C=O) groups excluding carboxylic acids is 1. The monoisotopic (exact) mass is 470 g/mol. The fourth-order valence-corrected chi connectivity index (χ4v) is 4.84. The van der Waals surface area contributed by atoms with E-state index in [1.165, 1.54) is 0 Å². The van der Waals surface area contributed by atoms with Crippen molar-refractivity contribution in [2.24, 2.45) is 0 Å². The quantitative estimate of drug-likeness (QED) is 0.558. The second-order valence-electron chi connectivity index (χ2n) is 9.59. The van der Waals surface area contributed by atoms with Crippen molar-refractivity contribution in [2.45, 2.75) is 32.9 Å². The van der Waals surface area contributed by atoms with Crippen LogP contribution in [0, 0.1) is 0 Å². The van der Waals surface area contributed by atoms with Crippen LogP contribution in [0.1, 0.15) is 25.8 Å². The van der Waals surface area contributed by atoms with Crippen molar-refractivity contribution in [3.05, 3.63) is 66.4 Å². The molecule has 2 aliphatic heterocycles. The number of likely N-dealkylation sites (N-methyl/N-ethyl adjacent to an activating group) is 1. The Balaban J connectivity index is 1.61. The van der Waals surface area contributed by atoms with Gasteiger partial charge in [-0.2, -0.15) is 0 Å². The van der Waals surface area contributed by atoms with E-state index in [9.17, 15) is 4.79 Å². The summed E-state index contributed by atoms with van der Waals surface area (Å²) in [5.74, 6) is 1.37. The lowest BCUT2D eigenvalue weighted by atomic mass is 10.1. The second kappa shape index (κ2) is 10.1. The van der Waals surface area contributed by atoms with Crippen LogP contribution in [-0.4, -0.2) is 71.5 Å². The molecule has 182 valence electrons. The molecule has 3 aromatic rings. The predicted molar refractivity (Wildman–Crippen MR) is 141 cm³/mol. The number of rotatable bonds is 5. The highest BCUT2D eigenvalue weighted by atomic mass is 16.2. The smallest absolute Gasteiger partial charge is 0.246 e. The fourth-order valence-electron chi connectivity index (χ4n) is 4.84. The Morgan fingerprint density at radius 1 is 0.971 bits per heavy atom. The third-order valence-corrected chi connectivity index (χ3v) is 7.19. The Morgan fingerprint density at radius 3 is 2.37 bits per heavy atom. The number of para-hydroxylation sites is 2. The van der Waals surface area contributed by atoms with Crippen molar-refractivity contribution in [1.29, 1.82) is 0 Å². The molecular formula is C28H34N6O. The minimum Gasteiger partial charge on any atom is -0.363 e. The van der Waals surface area contributed by atoms with Gasteiger partial charge in [0.05, 0.1) is 17.9 Å². The molecule has 2 aromatic carbocycles. The average molecular weight is 471 g/mol. The molecule has 0 radical (unpaired) electrons. The Bertz CT molecular complexity index is 1180. The highest BCUT2D eigenvalue weighted by Gasteiger charge is 2.33. The highest BCUT2D eigenvalue weighted by Crippen LogP contribution is 2.41. The molecule has 2 aliphatic rings. The van der Waals surface area contributed by atoms with Crippen LogP contribution in [0.2, 0.25) is 0 Å². The predicted octanol–water partition coefficient (Wildman–Crippen LogP) is 4.17. The molecule has 0 bridgehead atoms. The SMILES string of the molecule is CCC(C)N1Cc2cnc(-c3ccccc3)nc2N(C(=O)CN2CCN(C)CC2)c2ccccc21. The summed E-state index contributed by atoms with van der Waals surface area (Å²) in [6, 6.07) is 18.5. The van der Waals surface area contributed by atoms with Crippen LogP contribution >= 0.6 is 0 Å². The number of aromatic nitrogens is 2. The van der Waals surface area contributed by atoms with Crippen LogP contribution in [0.15, 0.2) is 60.8 Å². The van der Waals surface area contributed by atoms with Crippen molar-refractivity contribution >= 4 is 23.1 Å². The van der Waals surface area contributed by atoms with E-state index < -0.39 is 0 Å². The summed E-state index contributed by atoms with van der Waals surface area (Å²) in [7, 11) is 2.13. The first kappa shape index (κ1) is 23.5. The van der Waals surface area contributed by atoms with E-state index >= 15 is 0 Å². The molecule has 1 unspecified atom stereocenters. The molecule has 35 heavy (non-hydrogen) atoms. The summed E-state index contributed by atoms with van der Waals surface area (Å²) in [6.45, 7) is 9.20. The lowest BCUT2D eigenvalue weighted by Gasteiger charge is -2.34. The largest absolute Gasteiger partial charge is 0.363 e. The Labute approximate surface area is 208 Å². The number of hydrogen-bond donors (Lipinski definition) is 0. The zero-order valence-electron chi connectivity index (χ0n) is 20.9. The van der Waals surface area contributed by atoms with E-state index in [2.05, 4.69) is 47.7 Å². The number of anilines is 3. The summed E-state index contributed by atoms with van der Waals surface area (Å²) in [6.07, 6.45) is 2.91. The van der Waals surface area contributed by atoms with Gasteiger partial charge in [-0.3, -0.25) is 14.6 Å². The molecule has 1 fully saturated rings. The minimum absolute atomic E-state index is 0.0481. The van der Waals surface area contributed by atoms with Gasteiger partial charge in [-0.1, -0.05) is 49.4 Å². The zero-order chi connectivity index (χ0) is 24.4. The molecule has 7 nitrogen and oxygen atoms in total. The molecular weight excluding hydrogens is 436 g/mol. The van der Waals surface area contributed by atoms with E-state index in [0.717, 1.165) is 55.1 Å². The first-order chi connectivity index (χ1) is 17.0. The van der Waals surface area contributed by atoms with Crippen molar-refractivity contribution in [1.82, 2.24) is 19.8 Å². The maximum absolute atomic E-state index is 14.0. The summed E-state index contributed by atoms with van der Waals surface area (Å²) < 4.78 is 0. The van der Waals surface area contributed by atoms with Gasteiger partial charge in [-0.25, -0.2) is 9.97 Å². The lowest BCUT2D eigenvalue weighted by molar-refractivity contribution is -0.119. The van der Waals surface area contributed by atoms with Gasteiger partial charge in [0, 0.05) is 56.1 Å². The molecule has 0 aliphatic carbocycles. The van der Waals surface area contributed by atoms with E-state index in [1.54, 1.807) is 0 Å². The minimum atomic E-state index is 0.0481. The Kier molecular flexibility index (Phi) is 6.79. The number of amides is 1. The number of benzene rings is 2. The number of fused-ring (bicyclic) bond motifs is 2. The average Bonchev–Trinajstić information content (AvgIpc) is 3.04. The van der Waals surface area contributed by atoms with Crippen LogP contribution in [-0.2, 0) is 11.3 Å².